The molecule has 1 unspecified atom stereocenters. The minimum atomic E-state index is -0.270. The fourth-order valence-electron chi connectivity index (χ4n) is 1.19. The van der Waals surface area contributed by atoms with E-state index in [1.165, 1.54) is 0 Å². The monoisotopic (exact) mass is 274 g/mol. The van der Waals surface area contributed by atoms with Crippen molar-refractivity contribution in [2.24, 2.45) is 0 Å². The lowest BCUT2D eigenvalue weighted by molar-refractivity contribution is -0.0588. The molecule has 15 heavy (non-hydrogen) atoms. The third-order valence-electron chi connectivity index (χ3n) is 1.99. The molecule has 1 N–H and O–H groups in total. The van der Waals surface area contributed by atoms with Gasteiger partial charge < -0.3 is 14.6 Å². The van der Waals surface area contributed by atoms with Gasteiger partial charge in [0, 0.05) is 13.5 Å². The zero-order valence-electron chi connectivity index (χ0n) is 8.87. The van der Waals surface area contributed by atoms with Crippen molar-refractivity contribution in [3.63, 3.8) is 0 Å². The molecule has 1 rings (SSSR count). The fourth-order valence-corrected chi connectivity index (χ4v) is 1.55. The summed E-state index contributed by atoms with van der Waals surface area (Å²) >= 11 is 3.26. The third-order valence-corrected chi connectivity index (χ3v) is 2.79. The molecule has 0 fully saturated rings. The molecule has 0 amide bonds. The summed E-state index contributed by atoms with van der Waals surface area (Å²) in [6.07, 6.45) is 1.53. The molecule has 1 aromatic carbocycles. The van der Waals surface area contributed by atoms with Crippen molar-refractivity contribution in [1.29, 1.82) is 0 Å². The van der Waals surface area contributed by atoms with Gasteiger partial charge in [-0.3, -0.25) is 0 Å². The molecule has 0 aromatic heterocycles. The summed E-state index contributed by atoms with van der Waals surface area (Å²) in [6.45, 7) is 2.06. The first-order valence-electron chi connectivity index (χ1n) is 4.86. The Bertz CT molecular complexity index is 315. The van der Waals surface area contributed by atoms with E-state index in [2.05, 4.69) is 22.9 Å². The Balaban J connectivity index is 2.74. The van der Waals surface area contributed by atoms with Crippen molar-refractivity contribution in [2.75, 3.05) is 7.11 Å². The molecular weight excluding hydrogens is 260 g/mol. The molecule has 0 radical (unpaired) electrons. The lowest BCUT2D eigenvalue weighted by Crippen LogP contribution is -2.18. The Kier molecular flexibility index (Phi) is 4.91. The van der Waals surface area contributed by atoms with Crippen LogP contribution in [0, 0.1) is 0 Å². The average molecular weight is 275 g/mol. The maximum Gasteiger partial charge on any atom is 0.199 e. The molecule has 84 valence electrons. The van der Waals surface area contributed by atoms with Crippen LogP contribution in [0.25, 0.3) is 0 Å². The number of methoxy groups -OCH3 is 1. The van der Waals surface area contributed by atoms with Gasteiger partial charge in [0.25, 0.3) is 0 Å². The Hall–Kier alpha value is -0.740. The molecule has 0 saturated carbocycles. The number of halogens is 1. The van der Waals surface area contributed by atoms with Crippen molar-refractivity contribution in [2.45, 2.75) is 26.1 Å². The first-order chi connectivity index (χ1) is 7.19. The summed E-state index contributed by atoms with van der Waals surface area (Å²) in [5.74, 6) is 0.758. The van der Waals surface area contributed by atoms with E-state index in [1.54, 1.807) is 25.3 Å². The number of ether oxygens (including phenoxy) is 2. The summed E-state index contributed by atoms with van der Waals surface area (Å²) in [6, 6.07) is 5.11. The van der Waals surface area contributed by atoms with E-state index >= 15 is 0 Å². The van der Waals surface area contributed by atoms with Gasteiger partial charge in [0.05, 0.1) is 0 Å². The lowest BCUT2D eigenvalue weighted by atomic mass is 10.3. The van der Waals surface area contributed by atoms with Gasteiger partial charge in [-0.25, -0.2) is 0 Å². The van der Waals surface area contributed by atoms with Crippen LogP contribution in [0.2, 0.25) is 0 Å². The predicted octanol–water partition coefficient (Wildman–Crippen LogP) is 3.31. The van der Waals surface area contributed by atoms with Crippen LogP contribution in [0.1, 0.15) is 19.8 Å². The number of hydrogen-bond acceptors (Lipinski definition) is 3. The molecule has 0 heterocycles. The van der Waals surface area contributed by atoms with Gasteiger partial charge in [0.2, 0.25) is 0 Å². The van der Waals surface area contributed by atoms with Crippen LogP contribution in [0.5, 0.6) is 11.5 Å². The van der Waals surface area contributed by atoms with E-state index in [0.29, 0.717) is 10.2 Å². The predicted molar refractivity (Wildman–Crippen MR) is 62.1 cm³/mol. The number of aromatic hydroxyl groups is 1. The average Bonchev–Trinajstić information content (AvgIpc) is 2.24. The maximum atomic E-state index is 9.45. The number of rotatable bonds is 5. The molecule has 0 bridgehead atoms. The Labute approximate surface area is 98.1 Å². The highest BCUT2D eigenvalue weighted by atomic mass is 79.9. The van der Waals surface area contributed by atoms with Crippen LogP contribution in [-0.2, 0) is 4.74 Å². The molecule has 0 aliphatic rings. The minimum absolute atomic E-state index is 0.166. The van der Waals surface area contributed by atoms with Crippen LogP contribution in [0.3, 0.4) is 0 Å². The minimum Gasteiger partial charge on any atom is -0.507 e. The second kappa shape index (κ2) is 5.98. The van der Waals surface area contributed by atoms with Gasteiger partial charge in [0.1, 0.15) is 16.0 Å². The summed E-state index contributed by atoms with van der Waals surface area (Å²) in [7, 11) is 1.61. The molecule has 0 aliphatic heterocycles. The highest BCUT2D eigenvalue weighted by molar-refractivity contribution is 9.10. The van der Waals surface area contributed by atoms with Gasteiger partial charge in [-0.2, -0.15) is 0 Å². The van der Waals surface area contributed by atoms with Crippen LogP contribution < -0.4 is 4.74 Å². The zero-order chi connectivity index (χ0) is 11.3. The van der Waals surface area contributed by atoms with Crippen molar-refractivity contribution in [1.82, 2.24) is 0 Å². The number of benzene rings is 1. The standard InChI is InChI=1S/C11H15BrO3/c1-3-5-10(14-2)15-9-7-4-6-8(13)11(9)12/h4,6-7,10,13H,3,5H2,1-2H3. The number of phenols is 1. The molecular formula is C11H15BrO3. The van der Waals surface area contributed by atoms with Crippen molar-refractivity contribution in [3.8, 4) is 11.5 Å². The highest BCUT2D eigenvalue weighted by Gasteiger charge is 2.11. The van der Waals surface area contributed by atoms with E-state index in [1.807, 2.05) is 0 Å². The van der Waals surface area contributed by atoms with E-state index in [9.17, 15) is 5.11 Å². The van der Waals surface area contributed by atoms with Crippen molar-refractivity contribution in [3.05, 3.63) is 22.7 Å². The first-order valence-corrected chi connectivity index (χ1v) is 5.65. The highest BCUT2D eigenvalue weighted by Crippen LogP contribution is 2.33. The number of phenolic OH excluding ortho intramolecular Hbond substituents is 1. The molecule has 0 spiro atoms. The molecule has 0 aliphatic carbocycles. The second-order valence-corrected chi connectivity index (χ2v) is 3.95. The summed E-state index contributed by atoms with van der Waals surface area (Å²) in [5.41, 5.74) is 0. The van der Waals surface area contributed by atoms with E-state index in [4.69, 9.17) is 9.47 Å². The first kappa shape index (κ1) is 12.3. The Morgan fingerprint density at radius 1 is 1.47 bits per heavy atom. The Morgan fingerprint density at radius 3 is 2.80 bits per heavy atom. The van der Waals surface area contributed by atoms with Crippen LogP contribution in [0.4, 0.5) is 0 Å². The number of hydrogen-bond donors (Lipinski definition) is 1. The summed E-state index contributed by atoms with van der Waals surface area (Å²) in [4.78, 5) is 0. The SMILES string of the molecule is CCCC(OC)Oc1cccc(O)c1Br. The quantitative estimate of drug-likeness (QED) is 0.838. The largest absolute Gasteiger partial charge is 0.507 e. The lowest BCUT2D eigenvalue weighted by Gasteiger charge is -2.17. The van der Waals surface area contributed by atoms with Gasteiger partial charge in [-0.1, -0.05) is 19.4 Å². The smallest absolute Gasteiger partial charge is 0.199 e. The molecule has 0 saturated heterocycles. The van der Waals surface area contributed by atoms with Crippen LogP contribution >= 0.6 is 15.9 Å². The van der Waals surface area contributed by atoms with E-state index in [0.717, 1.165) is 12.8 Å². The topological polar surface area (TPSA) is 38.7 Å². The molecule has 4 heteroatoms. The molecule has 3 nitrogen and oxygen atoms in total. The second-order valence-electron chi connectivity index (χ2n) is 3.16. The maximum absolute atomic E-state index is 9.45. The van der Waals surface area contributed by atoms with E-state index in [-0.39, 0.29) is 12.0 Å². The van der Waals surface area contributed by atoms with Gasteiger partial charge in [-0.15, -0.1) is 0 Å². The molecule has 1 atom stereocenters. The fraction of sp³-hybridized carbons (Fsp3) is 0.455. The third kappa shape index (κ3) is 3.39. The van der Waals surface area contributed by atoms with Crippen LogP contribution in [0.15, 0.2) is 22.7 Å². The normalized spacial score (nSPS) is 12.5. The summed E-state index contributed by atoms with van der Waals surface area (Å²) in [5, 5.41) is 9.45. The van der Waals surface area contributed by atoms with Crippen LogP contribution in [-0.4, -0.2) is 18.5 Å². The zero-order valence-corrected chi connectivity index (χ0v) is 10.5. The summed E-state index contributed by atoms with van der Waals surface area (Å²) < 4.78 is 11.3. The van der Waals surface area contributed by atoms with E-state index < -0.39 is 0 Å². The van der Waals surface area contributed by atoms with Gasteiger partial charge in [-0.05, 0) is 28.1 Å². The van der Waals surface area contributed by atoms with Gasteiger partial charge in [0.15, 0.2) is 6.29 Å². The molecule has 1 aromatic rings. The van der Waals surface area contributed by atoms with Crippen molar-refractivity contribution < 1.29 is 14.6 Å². The van der Waals surface area contributed by atoms with Gasteiger partial charge >= 0.3 is 0 Å². The van der Waals surface area contributed by atoms with Crippen molar-refractivity contribution >= 4 is 15.9 Å². The Morgan fingerprint density at radius 2 is 2.20 bits per heavy atom.